The van der Waals surface area contributed by atoms with E-state index in [1.807, 2.05) is 76.8 Å². The highest BCUT2D eigenvalue weighted by Crippen LogP contribution is 2.24. The standard InChI is InChI=1S/C21H14N4OS/c26-20(18-9-8-14-4-1-2-7-17(14)23-18)22-16-6-3-5-15(12-16)19-13-25-10-11-27-21(25)24-19/h1-13H,(H,22,26). The summed E-state index contributed by atoms with van der Waals surface area (Å²) in [4.78, 5) is 22.6. The summed E-state index contributed by atoms with van der Waals surface area (Å²) in [6, 6.07) is 19.1. The van der Waals surface area contributed by atoms with Crippen molar-refractivity contribution in [2.45, 2.75) is 0 Å². The number of fused-ring (bicyclic) bond motifs is 2. The highest BCUT2D eigenvalue weighted by molar-refractivity contribution is 7.15. The van der Waals surface area contributed by atoms with E-state index in [1.165, 1.54) is 0 Å². The van der Waals surface area contributed by atoms with Crippen LogP contribution in [0, 0.1) is 0 Å². The molecule has 0 radical (unpaired) electrons. The third kappa shape index (κ3) is 2.96. The normalized spacial score (nSPS) is 11.1. The lowest BCUT2D eigenvalue weighted by Crippen LogP contribution is -2.13. The van der Waals surface area contributed by atoms with Gasteiger partial charge in [-0.1, -0.05) is 36.4 Å². The molecule has 0 aliphatic heterocycles. The van der Waals surface area contributed by atoms with Gasteiger partial charge in [0.05, 0.1) is 11.2 Å². The van der Waals surface area contributed by atoms with E-state index in [1.54, 1.807) is 17.4 Å². The molecule has 0 fully saturated rings. The van der Waals surface area contributed by atoms with Gasteiger partial charge in [-0.05, 0) is 24.3 Å². The number of amides is 1. The Balaban J connectivity index is 1.42. The summed E-state index contributed by atoms with van der Waals surface area (Å²) in [5.41, 5.74) is 3.74. The van der Waals surface area contributed by atoms with Gasteiger partial charge in [0, 0.05) is 34.4 Å². The average molecular weight is 370 g/mol. The first kappa shape index (κ1) is 15.7. The number of carbonyl (C=O) groups excluding carboxylic acids is 1. The van der Waals surface area contributed by atoms with Crippen LogP contribution in [0.25, 0.3) is 27.1 Å². The smallest absolute Gasteiger partial charge is 0.274 e. The first-order valence-corrected chi connectivity index (χ1v) is 9.34. The van der Waals surface area contributed by atoms with Crippen LogP contribution in [-0.4, -0.2) is 20.3 Å². The van der Waals surface area contributed by atoms with E-state index in [0.29, 0.717) is 11.4 Å². The van der Waals surface area contributed by atoms with E-state index in [9.17, 15) is 4.79 Å². The van der Waals surface area contributed by atoms with Crippen molar-refractivity contribution in [3.63, 3.8) is 0 Å². The lowest BCUT2D eigenvalue weighted by molar-refractivity contribution is 0.102. The second kappa shape index (κ2) is 6.34. The molecule has 130 valence electrons. The fourth-order valence-electron chi connectivity index (χ4n) is 3.01. The summed E-state index contributed by atoms with van der Waals surface area (Å²) in [6.45, 7) is 0. The van der Waals surface area contributed by atoms with Crippen molar-refractivity contribution >= 4 is 38.8 Å². The monoisotopic (exact) mass is 370 g/mol. The zero-order chi connectivity index (χ0) is 18.2. The molecular formula is C21H14N4OS. The Morgan fingerprint density at radius 1 is 1.00 bits per heavy atom. The Bertz CT molecular complexity index is 1260. The summed E-state index contributed by atoms with van der Waals surface area (Å²) in [7, 11) is 0. The fourth-order valence-corrected chi connectivity index (χ4v) is 3.71. The van der Waals surface area contributed by atoms with Crippen molar-refractivity contribution in [2.24, 2.45) is 0 Å². The first-order chi connectivity index (χ1) is 13.3. The van der Waals surface area contributed by atoms with Crippen LogP contribution in [-0.2, 0) is 0 Å². The fraction of sp³-hybridized carbons (Fsp3) is 0. The van der Waals surface area contributed by atoms with Gasteiger partial charge in [-0.3, -0.25) is 9.20 Å². The highest BCUT2D eigenvalue weighted by Gasteiger charge is 2.10. The number of benzene rings is 2. The van der Waals surface area contributed by atoms with Gasteiger partial charge >= 0.3 is 0 Å². The molecule has 0 spiro atoms. The molecule has 1 amide bonds. The molecule has 0 aliphatic carbocycles. The SMILES string of the molecule is O=C(Nc1cccc(-c2cn3ccsc3n2)c1)c1ccc2ccccc2n1. The molecule has 0 unspecified atom stereocenters. The molecule has 0 saturated carbocycles. The number of rotatable bonds is 3. The predicted molar refractivity (Wildman–Crippen MR) is 108 cm³/mol. The molecule has 5 aromatic rings. The number of imidazole rings is 1. The largest absolute Gasteiger partial charge is 0.321 e. The highest BCUT2D eigenvalue weighted by atomic mass is 32.1. The average Bonchev–Trinajstić information content (AvgIpc) is 3.30. The second-order valence-electron chi connectivity index (χ2n) is 6.14. The van der Waals surface area contributed by atoms with E-state index >= 15 is 0 Å². The molecule has 27 heavy (non-hydrogen) atoms. The Morgan fingerprint density at radius 3 is 2.85 bits per heavy atom. The number of carbonyl (C=O) groups is 1. The van der Waals surface area contributed by atoms with Crippen molar-refractivity contribution in [1.82, 2.24) is 14.4 Å². The van der Waals surface area contributed by atoms with Gasteiger partial charge in [-0.25, -0.2) is 9.97 Å². The number of aromatic nitrogens is 3. The first-order valence-electron chi connectivity index (χ1n) is 8.46. The van der Waals surface area contributed by atoms with Crippen LogP contribution < -0.4 is 5.32 Å². The van der Waals surface area contributed by atoms with E-state index in [2.05, 4.69) is 15.3 Å². The van der Waals surface area contributed by atoms with Gasteiger partial charge < -0.3 is 5.32 Å². The maximum absolute atomic E-state index is 12.6. The number of hydrogen-bond acceptors (Lipinski definition) is 4. The molecule has 0 atom stereocenters. The Hall–Kier alpha value is -3.51. The topological polar surface area (TPSA) is 59.3 Å². The number of nitrogens with zero attached hydrogens (tertiary/aromatic N) is 3. The molecule has 5 nitrogen and oxygen atoms in total. The Labute approximate surface area is 159 Å². The molecule has 2 aromatic carbocycles. The summed E-state index contributed by atoms with van der Waals surface area (Å²) in [5.74, 6) is -0.233. The molecule has 0 saturated heterocycles. The molecule has 6 heteroatoms. The van der Waals surface area contributed by atoms with Crippen molar-refractivity contribution < 1.29 is 4.79 Å². The minimum Gasteiger partial charge on any atom is -0.321 e. The van der Waals surface area contributed by atoms with E-state index in [4.69, 9.17) is 0 Å². The van der Waals surface area contributed by atoms with Crippen molar-refractivity contribution in [2.75, 3.05) is 5.32 Å². The Morgan fingerprint density at radius 2 is 1.93 bits per heavy atom. The van der Waals surface area contributed by atoms with Crippen molar-refractivity contribution in [1.29, 1.82) is 0 Å². The van der Waals surface area contributed by atoms with Gasteiger partial charge in [-0.15, -0.1) is 11.3 Å². The number of para-hydroxylation sites is 1. The zero-order valence-electron chi connectivity index (χ0n) is 14.2. The summed E-state index contributed by atoms with van der Waals surface area (Å²) < 4.78 is 1.99. The van der Waals surface area contributed by atoms with Gasteiger partial charge in [0.15, 0.2) is 4.96 Å². The summed E-state index contributed by atoms with van der Waals surface area (Å²) in [6.07, 6.45) is 3.96. The van der Waals surface area contributed by atoms with Crippen LogP contribution in [0.1, 0.15) is 10.5 Å². The van der Waals surface area contributed by atoms with Crippen LogP contribution in [0.4, 0.5) is 5.69 Å². The van der Waals surface area contributed by atoms with Gasteiger partial charge in [0.1, 0.15) is 5.69 Å². The van der Waals surface area contributed by atoms with Crippen molar-refractivity contribution in [3.8, 4) is 11.3 Å². The van der Waals surface area contributed by atoms with Crippen molar-refractivity contribution in [3.05, 3.63) is 84.1 Å². The predicted octanol–water partition coefficient (Wildman–Crippen LogP) is 4.86. The van der Waals surface area contributed by atoms with Crippen LogP contribution in [0.3, 0.4) is 0 Å². The van der Waals surface area contributed by atoms with Crippen LogP contribution >= 0.6 is 11.3 Å². The lowest BCUT2D eigenvalue weighted by atomic mass is 10.1. The molecular weight excluding hydrogens is 356 g/mol. The van der Waals surface area contributed by atoms with Gasteiger partial charge in [0.2, 0.25) is 0 Å². The molecule has 0 aliphatic rings. The number of thiazole rings is 1. The quantitative estimate of drug-likeness (QED) is 0.493. The third-order valence-corrected chi connectivity index (χ3v) is 5.11. The van der Waals surface area contributed by atoms with Crippen LogP contribution in [0.5, 0.6) is 0 Å². The maximum Gasteiger partial charge on any atom is 0.274 e. The number of pyridine rings is 1. The minimum absolute atomic E-state index is 0.233. The van der Waals surface area contributed by atoms with E-state index < -0.39 is 0 Å². The summed E-state index contributed by atoms with van der Waals surface area (Å²) >= 11 is 1.59. The Kier molecular flexibility index (Phi) is 3.69. The van der Waals surface area contributed by atoms with E-state index in [0.717, 1.165) is 27.1 Å². The second-order valence-corrected chi connectivity index (χ2v) is 7.02. The zero-order valence-corrected chi connectivity index (χ0v) is 15.0. The molecule has 5 rings (SSSR count). The third-order valence-electron chi connectivity index (χ3n) is 4.34. The van der Waals surface area contributed by atoms with Gasteiger partial charge in [-0.2, -0.15) is 0 Å². The number of hydrogen-bond donors (Lipinski definition) is 1. The molecule has 3 heterocycles. The molecule has 0 bridgehead atoms. The van der Waals surface area contributed by atoms with Crippen LogP contribution in [0.15, 0.2) is 78.4 Å². The molecule has 1 N–H and O–H groups in total. The minimum atomic E-state index is -0.233. The van der Waals surface area contributed by atoms with Gasteiger partial charge in [0.25, 0.3) is 5.91 Å². The van der Waals surface area contributed by atoms with Crippen LogP contribution in [0.2, 0.25) is 0 Å². The maximum atomic E-state index is 12.6. The number of nitrogens with one attached hydrogen (secondary N) is 1. The van der Waals surface area contributed by atoms with E-state index in [-0.39, 0.29) is 5.91 Å². The molecule has 3 aromatic heterocycles. The lowest BCUT2D eigenvalue weighted by Gasteiger charge is -2.07. The summed E-state index contributed by atoms with van der Waals surface area (Å²) in [5, 5.41) is 5.94. The number of anilines is 1.